The molecule has 1 aliphatic heterocycles. The van der Waals surface area contributed by atoms with Crippen LogP contribution in [0.15, 0.2) is 36.0 Å². The van der Waals surface area contributed by atoms with Gasteiger partial charge in [0.25, 0.3) is 0 Å². The summed E-state index contributed by atoms with van der Waals surface area (Å²) in [6, 6.07) is 0. The molecule has 0 saturated heterocycles. The van der Waals surface area contributed by atoms with Crippen LogP contribution in [-0.4, -0.2) is 25.0 Å². The van der Waals surface area contributed by atoms with Crippen LogP contribution in [0.1, 0.15) is 12.8 Å². The van der Waals surface area contributed by atoms with E-state index in [0.717, 1.165) is 0 Å². The molecule has 0 saturated carbocycles. The van der Waals surface area contributed by atoms with E-state index in [1.54, 1.807) is 0 Å². The van der Waals surface area contributed by atoms with E-state index in [9.17, 15) is 0 Å². The fraction of sp³-hybridized carbons (Fsp3) is 0.500. The minimum atomic E-state index is 0.635. The van der Waals surface area contributed by atoms with Crippen molar-refractivity contribution >= 4 is 0 Å². The van der Waals surface area contributed by atoms with E-state index in [4.69, 9.17) is 0 Å². The van der Waals surface area contributed by atoms with Crippen LogP contribution in [0.2, 0.25) is 0 Å². The molecular weight excluding hydrogens is 158 g/mol. The molecule has 0 aromatic heterocycles. The summed E-state index contributed by atoms with van der Waals surface area (Å²) in [7, 11) is 2.22. The van der Waals surface area contributed by atoms with Gasteiger partial charge in [0.2, 0.25) is 0 Å². The second-order valence-corrected chi connectivity index (χ2v) is 3.96. The summed E-state index contributed by atoms with van der Waals surface area (Å²) in [6.45, 7) is 2.41. The number of rotatable bonds is 0. The van der Waals surface area contributed by atoms with Gasteiger partial charge in [0, 0.05) is 12.5 Å². The first-order valence-corrected chi connectivity index (χ1v) is 5.10. The third-order valence-electron chi connectivity index (χ3n) is 2.80. The van der Waals surface area contributed by atoms with Gasteiger partial charge in [-0.1, -0.05) is 30.4 Å². The summed E-state index contributed by atoms with van der Waals surface area (Å²) in [5, 5.41) is 0. The van der Waals surface area contributed by atoms with E-state index >= 15 is 0 Å². The molecule has 1 unspecified atom stereocenters. The number of allylic oxidation sites excluding steroid dienone is 4. The highest BCUT2D eigenvalue weighted by Gasteiger charge is 2.15. The van der Waals surface area contributed by atoms with Crippen molar-refractivity contribution < 1.29 is 0 Å². The zero-order chi connectivity index (χ0) is 9.10. The van der Waals surface area contributed by atoms with Gasteiger partial charge in [-0.3, -0.25) is 0 Å². The Morgan fingerprint density at radius 2 is 2.31 bits per heavy atom. The molecule has 13 heavy (non-hydrogen) atoms. The molecule has 0 spiro atoms. The second kappa shape index (κ2) is 3.93. The van der Waals surface area contributed by atoms with Gasteiger partial charge >= 0.3 is 0 Å². The van der Waals surface area contributed by atoms with Gasteiger partial charge in [-0.05, 0) is 32.0 Å². The molecular formula is C12H17N. The van der Waals surface area contributed by atoms with Crippen molar-refractivity contribution in [3.05, 3.63) is 36.0 Å². The number of hydrogen-bond donors (Lipinski definition) is 0. The molecule has 1 atom stereocenters. The normalized spacial score (nSPS) is 33.0. The summed E-state index contributed by atoms with van der Waals surface area (Å²) in [4.78, 5) is 2.43. The average Bonchev–Trinajstić information content (AvgIpc) is 2.11. The smallest absolute Gasteiger partial charge is 0.0145 e. The molecule has 0 N–H and O–H groups in total. The molecule has 0 amide bonds. The van der Waals surface area contributed by atoms with Crippen molar-refractivity contribution in [2.24, 2.45) is 5.92 Å². The highest BCUT2D eigenvalue weighted by Crippen LogP contribution is 2.22. The minimum Gasteiger partial charge on any atom is -0.305 e. The Kier molecular flexibility index (Phi) is 2.65. The zero-order valence-electron chi connectivity index (χ0n) is 8.24. The Hall–Kier alpha value is -0.820. The SMILES string of the molecule is CN1CCC/C=C2/C=CC=CC2C1. The van der Waals surface area contributed by atoms with Crippen molar-refractivity contribution in [2.75, 3.05) is 20.1 Å². The van der Waals surface area contributed by atoms with Gasteiger partial charge in [0.1, 0.15) is 0 Å². The lowest BCUT2D eigenvalue weighted by Gasteiger charge is -2.26. The fourth-order valence-corrected chi connectivity index (χ4v) is 2.04. The van der Waals surface area contributed by atoms with E-state index in [-0.39, 0.29) is 0 Å². The molecule has 0 fully saturated rings. The van der Waals surface area contributed by atoms with Gasteiger partial charge in [-0.2, -0.15) is 0 Å². The Morgan fingerprint density at radius 3 is 3.23 bits per heavy atom. The van der Waals surface area contributed by atoms with Crippen LogP contribution in [0.5, 0.6) is 0 Å². The number of nitrogens with zero attached hydrogens (tertiary/aromatic N) is 1. The standard InChI is InChI=1S/C12H17N/c1-13-9-5-4-7-11-6-2-3-8-12(11)10-13/h2-3,6-8,12H,4-5,9-10H2,1H3/b11-7-. The first-order chi connectivity index (χ1) is 6.36. The summed E-state index contributed by atoms with van der Waals surface area (Å²) < 4.78 is 0. The largest absolute Gasteiger partial charge is 0.305 e. The molecule has 0 aromatic rings. The summed E-state index contributed by atoms with van der Waals surface area (Å²) >= 11 is 0. The minimum absolute atomic E-state index is 0.635. The van der Waals surface area contributed by atoms with Crippen LogP contribution >= 0.6 is 0 Å². The molecule has 70 valence electrons. The van der Waals surface area contributed by atoms with Crippen molar-refractivity contribution in [1.82, 2.24) is 4.90 Å². The first-order valence-electron chi connectivity index (χ1n) is 5.10. The molecule has 1 nitrogen and oxygen atoms in total. The van der Waals surface area contributed by atoms with Crippen LogP contribution in [0, 0.1) is 5.92 Å². The van der Waals surface area contributed by atoms with Crippen molar-refractivity contribution in [3.8, 4) is 0 Å². The highest BCUT2D eigenvalue weighted by atomic mass is 15.1. The monoisotopic (exact) mass is 175 g/mol. The zero-order valence-corrected chi connectivity index (χ0v) is 8.24. The Morgan fingerprint density at radius 1 is 1.38 bits per heavy atom. The van der Waals surface area contributed by atoms with E-state index in [1.807, 2.05) is 0 Å². The lowest BCUT2D eigenvalue weighted by Crippen LogP contribution is -2.28. The van der Waals surface area contributed by atoms with Crippen LogP contribution < -0.4 is 0 Å². The maximum absolute atomic E-state index is 2.43. The predicted molar refractivity (Wildman–Crippen MR) is 56.6 cm³/mol. The summed E-state index contributed by atoms with van der Waals surface area (Å²) in [5.74, 6) is 0.635. The maximum Gasteiger partial charge on any atom is 0.0145 e. The van der Waals surface area contributed by atoms with Gasteiger partial charge in [-0.15, -0.1) is 0 Å². The lowest BCUT2D eigenvalue weighted by atomic mass is 9.92. The predicted octanol–water partition coefficient (Wildman–Crippen LogP) is 2.38. The van der Waals surface area contributed by atoms with Gasteiger partial charge in [0.15, 0.2) is 0 Å². The number of hydrogen-bond acceptors (Lipinski definition) is 1. The van der Waals surface area contributed by atoms with E-state index in [1.165, 1.54) is 31.5 Å². The van der Waals surface area contributed by atoms with Crippen molar-refractivity contribution in [3.63, 3.8) is 0 Å². The maximum atomic E-state index is 2.43. The van der Waals surface area contributed by atoms with Gasteiger partial charge in [0.05, 0.1) is 0 Å². The van der Waals surface area contributed by atoms with Crippen LogP contribution in [0.25, 0.3) is 0 Å². The topological polar surface area (TPSA) is 3.24 Å². The molecule has 1 heteroatoms. The second-order valence-electron chi connectivity index (χ2n) is 3.96. The van der Waals surface area contributed by atoms with Crippen LogP contribution in [0.4, 0.5) is 0 Å². The Balaban J connectivity index is 2.16. The average molecular weight is 175 g/mol. The third-order valence-corrected chi connectivity index (χ3v) is 2.80. The molecule has 2 aliphatic rings. The molecule has 0 radical (unpaired) electrons. The highest BCUT2D eigenvalue weighted by molar-refractivity contribution is 5.33. The van der Waals surface area contributed by atoms with Crippen molar-refractivity contribution in [1.29, 1.82) is 0 Å². The molecule has 1 heterocycles. The van der Waals surface area contributed by atoms with E-state index < -0.39 is 0 Å². The van der Waals surface area contributed by atoms with Crippen LogP contribution in [-0.2, 0) is 0 Å². The van der Waals surface area contributed by atoms with Gasteiger partial charge in [-0.25, -0.2) is 0 Å². The summed E-state index contributed by atoms with van der Waals surface area (Å²) in [5.41, 5.74) is 1.51. The fourth-order valence-electron chi connectivity index (χ4n) is 2.04. The van der Waals surface area contributed by atoms with E-state index in [0.29, 0.717) is 5.92 Å². The van der Waals surface area contributed by atoms with Crippen molar-refractivity contribution in [2.45, 2.75) is 12.8 Å². The lowest BCUT2D eigenvalue weighted by molar-refractivity contribution is 0.306. The quantitative estimate of drug-likeness (QED) is 0.546. The molecule has 0 bridgehead atoms. The summed E-state index contributed by atoms with van der Waals surface area (Å²) in [6.07, 6.45) is 13.8. The number of fused-ring (bicyclic) bond motifs is 1. The van der Waals surface area contributed by atoms with E-state index in [2.05, 4.69) is 42.3 Å². The molecule has 0 aromatic carbocycles. The molecule has 2 rings (SSSR count). The first kappa shape index (κ1) is 8.76. The van der Waals surface area contributed by atoms with Gasteiger partial charge < -0.3 is 4.90 Å². The Labute approximate surface area is 80.4 Å². The Bertz CT molecular complexity index is 260. The van der Waals surface area contributed by atoms with Crippen LogP contribution in [0.3, 0.4) is 0 Å². The third kappa shape index (κ3) is 2.10. The molecule has 1 aliphatic carbocycles.